The van der Waals surface area contributed by atoms with Crippen LogP contribution in [0.4, 0.5) is 10.2 Å². The van der Waals surface area contributed by atoms with Crippen molar-refractivity contribution in [2.45, 2.75) is 13.3 Å². The number of nitrogens with zero attached hydrogens (tertiary/aromatic N) is 2. The first-order valence-corrected chi connectivity index (χ1v) is 8.26. The number of carbonyl (C=O) groups excluding carboxylic acids is 2. The van der Waals surface area contributed by atoms with Crippen LogP contribution in [0.3, 0.4) is 0 Å². The van der Waals surface area contributed by atoms with Crippen LogP contribution in [-0.4, -0.2) is 33.5 Å². The highest BCUT2D eigenvalue weighted by atomic mass is 32.2. The van der Waals surface area contributed by atoms with Crippen molar-refractivity contribution in [3.63, 3.8) is 0 Å². The predicted molar refractivity (Wildman–Crippen MR) is 87.6 cm³/mol. The Labute approximate surface area is 137 Å². The molecule has 1 unspecified atom stereocenters. The number of halogens is 1. The van der Waals surface area contributed by atoms with Gasteiger partial charge in [-0.3, -0.25) is 19.6 Å². The largest absolute Gasteiger partial charge is 0.296 e. The highest BCUT2D eigenvalue weighted by Gasteiger charge is 2.33. The maximum atomic E-state index is 13.1. The second kappa shape index (κ2) is 6.54. The lowest BCUT2D eigenvalue weighted by atomic mass is 10.1. The van der Waals surface area contributed by atoms with E-state index in [0.717, 1.165) is 11.1 Å². The Morgan fingerprint density at radius 2 is 2.17 bits per heavy atom. The number of benzene rings is 1. The summed E-state index contributed by atoms with van der Waals surface area (Å²) < 4.78 is 13.1. The molecule has 3 rings (SSSR count). The second-order valence-corrected chi connectivity index (χ2v) is 6.71. The molecule has 0 spiro atoms. The molecule has 1 fully saturated rings. The molecule has 1 aromatic heterocycles. The Kier molecular flexibility index (Phi) is 4.47. The first-order valence-electron chi connectivity index (χ1n) is 7.27. The molecular weight excluding hydrogens is 317 g/mol. The molecule has 1 saturated heterocycles. The number of H-pyrrole nitrogens is 1. The molecule has 1 aliphatic heterocycles. The molecule has 5 nitrogen and oxygen atoms in total. The number of aromatic nitrogens is 2. The molecule has 1 aliphatic rings. The van der Waals surface area contributed by atoms with E-state index in [1.54, 1.807) is 23.2 Å². The molecule has 1 N–H and O–H groups in total. The van der Waals surface area contributed by atoms with Gasteiger partial charge in [-0.2, -0.15) is 5.10 Å². The highest BCUT2D eigenvalue weighted by Crippen LogP contribution is 2.33. The molecule has 1 amide bonds. The van der Waals surface area contributed by atoms with E-state index in [1.165, 1.54) is 30.8 Å². The van der Waals surface area contributed by atoms with E-state index in [9.17, 15) is 14.0 Å². The van der Waals surface area contributed by atoms with Gasteiger partial charge in [0, 0.05) is 31.2 Å². The summed E-state index contributed by atoms with van der Waals surface area (Å²) in [5.74, 6) is 1.10. The normalized spacial score (nSPS) is 17.7. The van der Waals surface area contributed by atoms with Crippen LogP contribution in [0.5, 0.6) is 0 Å². The van der Waals surface area contributed by atoms with Crippen LogP contribution in [0.15, 0.2) is 30.5 Å². The maximum absolute atomic E-state index is 13.1. The molecule has 7 heteroatoms. The monoisotopic (exact) mass is 333 g/mol. The second-order valence-electron chi connectivity index (χ2n) is 5.52. The van der Waals surface area contributed by atoms with Gasteiger partial charge in [0.25, 0.3) is 0 Å². The zero-order valence-electron chi connectivity index (χ0n) is 12.6. The summed E-state index contributed by atoms with van der Waals surface area (Å²) in [6, 6.07) is 6.08. The molecule has 0 aliphatic carbocycles. The molecule has 120 valence electrons. The van der Waals surface area contributed by atoms with Crippen LogP contribution in [0.2, 0.25) is 0 Å². The first kappa shape index (κ1) is 15.7. The van der Waals surface area contributed by atoms with Gasteiger partial charge < -0.3 is 0 Å². The fourth-order valence-corrected chi connectivity index (χ4v) is 3.36. The Hall–Kier alpha value is -2.15. The number of rotatable bonds is 4. The van der Waals surface area contributed by atoms with E-state index in [2.05, 4.69) is 10.2 Å². The quantitative estimate of drug-likeness (QED) is 0.934. The molecule has 2 heterocycles. The van der Waals surface area contributed by atoms with Gasteiger partial charge >= 0.3 is 0 Å². The number of anilines is 1. The summed E-state index contributed by atoms with van der Waals surface area (Å²) >= 11 is 1.25. The fraction of sp³-hybridized carbons (Fsp3) is 0.312. The summed E-state index contributed by atoms with van der Waals surface area (Å²) in [6.45, 7) is 2.08. The number of hydrogen-bond acceptors (Lipinski definition) is 4. The Bertz CT molecular complexity index is 729. The maximum Gasteiger partial charge on any atom is 0.228 e. The van der Waals surface area contributed by atoms with Crippen molar-refractivity contribution >= 4 is 28.6 Å². The zero-order valence-corrected chi connectivity index (χ0v) is 13.4. The molecule has 1 atom stereocenters. The van der Waals surface area contributed by atoms with Crippen LogP contribution < -0.4 is 4.90 Å². The van der Waals surface area contributed by atoms with Gasteiger partial charge in [-0.1, -0.05) is 23.9 Å². The number of hydrogen-bond donors (Lipinski definition) is 1. The summed E-state index contributed by atoms with van der Waals surface area (Å²) in [5, 5.41) is 6.95. The standard InChI is InChI=1S/C16H16FN3O2S/c1-10(21)23-9-11-6-15(22)20(8-11)16-14(7-18-19-16)12-2-4-13(17)5-3-12/h2-5,7,11H,6,8-9H2,1H3,(H,18,19). The minimum Gasteiger partial charge on any atom is -0.296 e. The van der Waals surface area contributed by atoms with Crippen molar-refractivity contribution in [1.82, 2.24) is 10.2 Å². The van der Waals surface area contributed by atoms with Crippen molar-refractivity contribution in [2.75, 3.05) is 17.2 Å². The highest BCUT2D eigenvalue weighted by molar-refractivity contribution is 8.13. The Morgan fingerprint density at radius 3 is 2.87 bits per heavy atom. The van der Waals surface area contributed by atoms with Gasteiger partial charge in [-0.25, -0.2) is 4.39 Å². The summed E-state index contributed by atoms with van der Waals surface area (Å²) in [4.78, 5) is 25.0. The SMILES string of the molecule is CC(=O)SCC1CC(=O)N(c2[nH]ncc2-c2ccc(F)cc2)C1. The van der Waals surface area contributed by atoms with E-state index in [1.807, 2.05) is 0 Å². The number of amides is 1. The zero-order chi connectivity index (χ0) is 16.4. The molecule has 1 aromatic carbocycles. The smallest absolute Gasteiger partial charge is 0.228 e. The van der Waals surface area contributed by atoms with Gasteiger partial charge in [0.2, 0.25) is 5.91 Å². The number of aromatic amines is 1. The van der Waals surface area contributed by atoms with Gasteiger partial charge in [-0.05, 0) is 23.6 Å². The summed E-state index contributed by atoms with van der Waals surface area (Å²) in [7, 11) is 0. The van der Waals surface area contributed by atoms with Crippen LogP contribution >= 0.6 is 11.8 Å². The van der Waals surface area contributed by atoms with Gasteiger partial charge in [0.15, 0.2) is 5.12 Å². The molecule has 0 saturated carbocycles. The minimum atomic E-state index is -0.308. The van der Waals surface area contributed by atoms with E-state index < -0.39 is 0 Å². The lowest BCUT2D eigenvalue weighted by Crippen LogP contribution is -2.25. The van der Waals surface area contributed by atoms with Crippen LogP contribution in [-0.2, 0) is 9.59 Å². The van der Waals surface area contributed by atoms with Crippen molar-refractivity contribution < 1.29 is 14.0 Å². The van der Waals surface area contributed by atoms with Gasteiger partial charge in [-0.15, -0.1) is 0 Å². The molecule has 0 bridgehead atoms. The predicted octanol–water partition coefficient (Wildman–Crippen LogP) is 2.85. The molecule has 2 aromatic rings. The average Bonchev–Trinajstić information content (AvgIpc) is 3.12. The third-order valence-corrected chi connectivity index (χ3v) is 4.82. The molecular formula is C16H16FN3O2S. The van der Waals surface area contributed by atoms with Crippen molar-refractivity contribution in [3.8, 4) is 11.1 Å². The van der Waals surface area contributed by atoms with Crippen LogP contribution in [0.1, 0.15) is 13.3 Å². The van der Waals surface area contributed by atoms with Gasteiger partial charge in [0.05, 0.1) is 6.20 Å². The number of carbonyl (C=O) groups is 2. The molecule has 0 radical (unpaired) electrons. The van der Waals surface area contributed by atoms with Crippen molar-refractivity contribution in [2.24, 2.45) is 5.92 Å². The van der Waals surface area contributed by atoms with E-state index in [4.69, 9.17) is 0 Å². The Balaban J connectivity index is 1.80. The third-order valence-electron chi connectivity index (χ3n) is 3.77. The lowest BCUT2D eigenvalue weighted by molar-refractivity contribution is -0.117. The lowest BCUT2D eigenvalue weighted by Gasteiger charge is -2.16. The molecule has 23 heavy (non-hydrogen) atoms. The van der Waals surface area contributed by atoms with E-state index in [0.29, 0.717) is 24.5 Å². The summed E-state index contributed by atoms with van der Waals surface area (Å²) in [5.41, 5.74) is 1.56. The average molecular weight is 333 g/mol. The van der Waals surface area contributed by atoms with E-state index in [-0.39, 0.29) is 22.8 Å². The Morgan fingerprint density at radius 1 is 1.43 bits per heavy atom. The van der Waals surface area contributed by atoms with Crippen molar-refractivity contribution in [3.05, 3.63) is 36.3 Å². The van der Waals surface area contributed by atoms with Crippen LogP contribution in [0.25, 0.3) is 11.1 Å². The fourth-order valence-electron chi connectivity index (χ4n) is 2.67. The number of nitrogens with one attached hydrogen (secondary N) is 1. The van der Waals surface area contributed by atoms with Crippen molar-refractivity contribution in [1.29, 1.82) is 0 Å². The van der Waals surface area contributed by atoms with E-state index >= 15 is 0 Å². The number of thioether (sulfide) groups is 1. The minimum absolute atomic E-state index is 0.00626. The topological polar surface area (TPSA) is 66.1 Å². The summed E-state index contributed by atoms with van der Waals surface area (Å²) in [6.07, 6.45) is 2.05. The van der Waals surface area contributed by atoms with Crippen LogP contribution in [0, 0.1) is 11.7 Å². The first-order chi connectivity index (χ1) is 11.0. The third kappa shape index (κ3) is 3.44. The van der Waals surface area contributed by atoms with Gasteiger partial charge in [0.1, 0.15) is 11.6 Å².